The van der Waals surface area contributed by atoms with E-state index in [2.05, 4.69) is 20.8 Å². The average Bonchev–Trinajstić information content (AvgIpc) is 3.37. The second-order valence-corrected chi connectivity index (χ2v) is 8.75. The number of benzene rings is 2. The van der Waals surface area contributed by atoms with Gasteiger partial charge in [0.1, 0.15) is 5.82 Å². The predicted molar refractivity (Wildman–Crippen MR) is 121 cm³/mol. The number of thioether (sulfide) groups is 1. The molecule has 0 bridgehead atoms. The molecule has 166 valence electrons. The number of ether oxygens (including phenoxy) is 2. The summed E-state index contributed by atoms with van der Waals surface area (Å²) >= 11 is 7.11. The first-order valence-corrected chi connectivity index (χ1v) is 11.0. The fraction of sp³-hybridized carbons (Fsp3) is 0.238. The van der Waals surface area contributed by atoms with Crippen molar-refractivity contribution in [3.05, 3.63) is 53.3 Å². The van der Waals surface area contributed by atoms with Crippen LogP contribution in [-0.2, 0) is 23.1 Å². The van der Waals surface area contributed by atoms with Crippen LogP contribution >= 0.6 is 23.4 Å². The number of aromatic nitrogens is 3. The van der Waals surface area contributed by atoms with Crippen molar-refractivity contribution in [3.8, 4) is 11.5 Å². The Morgan fingerprint density at radius 1 is 1.09 bits per heavy atom. The van der Waals surface area contributed by atoms with Crippen molar-refractivity contribution in [2.24, 2.45) is 7.05 Å². The minimum Gasteiger partial charge on any atom is -0.454 e. The van der Waals surface area contributed by atoms with Gasteiger partial charge in [-0.05, 0) is 43.3 Å². The molecule has 0 spiro atoms. The normalized spacial score (nSPS) is 13.0. The van der Waals surface area contributed by atoms with E-state index in [4.69, 9.17) is 21.1 Å². The van der Waals surface area contributed by atoms with Gasteiger partial charge in [0.05, 0.1) is 11.7 Å². The Balaban J connectivity index is 1.33. The zero-order valence-corrected chi connectivity index (χ0v) is 18.9. The molecule has 0 radical (unpaired) electrons. The van der Waals surface area contributed by atoms with Crippen LogP contribution in [0.5, 0.6) is 11.5 Å². The molecule has 11 heteroatoms. The smallest absolute Gasteiger partial charge is 0.237 e. The molecule has 1 aliphatic heterocycles. The monoisotopic (exact) mass is 473 g/mol. The van der Waals surface area contributed by atoms with Crippen LogP contribution in [0, 0.1) is 0 Å². The maximum Gasteiger partial charge on any atom is 0.237 e. The van der Waals surface area contributed by atoms with Crippen molar-refractivity contribution in [1.29, 1.82) is 0 Å². The fourth-order valence-electron chi connectivity index (χ4n) is 2.91. The van der Waals surface area contributed by atoms with E-state index in [-0.39, 0.29) is 25.0 Å². The lowest BCUT2D eigenvalue weighted by Crippen LogP contribution is -2.23. The molecular formula is C21H20ClN5O4S. The molecule has 2 N–H and O–H groups in total. The molecule has 32 heavy (non-hydrogen) atoms. The van der Waals surface area contributed by atoms with Gasteiger partial charge in [-0.1, -0.05) is 23.4 Å². The van der Waals surface area contributed by atoms with E-state index in [0.717, 1.165) is 0 Å². The Hall–Kier alpha value is -3.24. The van der Waals surface area contributed by atoms with Crippen LogP contribution in [0.3, 0.4) is 0 Å². The summed E-state index contributed by atoms with van der Waals surface area (Å²) in [5, 5.41) is 14.5. The summed E-state index contributed by atoms with van der Waals surface area (Å²) in [6.45, 7) is 1.94. The fourth-order valence-corrected chi connectivity index (χ4v) is 3.87. The van der Waals surface area contributed by atoms with E-state index >= 15 is 0 Å². The number of carbonyl (C=O) groups excluding carboxylic acids is 2. The van der Waals surface area contributed by atoms with Gasteiger partial charge in [-0.15, -0.1) is 10.2 Å². The second-order valence-electron chi connectivity index (χ2n) is 7.01. The van der Waals surface area contributed by atoms with Crippen LogP contribution in [0.1, 0.15) is 12.7 Å². The van der Waals surface area contributed by atoms with Crippen molar-refractivity contribution < 1.29 is 19.1 Å². The largest absolute Gasteiger partial charge is 0.454 e. The van der Waals surface area contributed by atoms with E-state index in [9.17, 15) is 9.59 Å². The first-order valence-electron chi connectivity index (χ1n) is 9.70. The third kappa shape index (κ3) is 5.14. The lowest BCUT2D eigenvalue weighted by Gasteiger charge is -2.12. The second kappa shape index (κ2) is 9.49. The highest BCUT2D eigenvalue weighted by atomic mass is 35.5. The van der Waals surface area contributed by atoms with Crippen LogP contribution in [-0.4, -0.2) is 38.6 Å². The molecule has 0 saturated carbocycles. The van der Waals surface area contributed by atoms with Gasteiger partial charge in [-0.3, -0.25) is 9.59 Å². The maximum atomic E-state index is 12.6. The summed E-state index contributed by atoms with van der Waals surface area (Å²) in [5.41, 5.74) is 1.26. The third-order valence-corrected chi connectivity index (χ3v) is 6.05. The quantitative estimate of drug-likeness (QED) is 0.505. The summed E-state index contributed by atoms with van der Waals surface area (Å²) < 4.78 is 12.3. The number of carbonyl (C=O) groups is 2. The summed E-state index contributed by atoms with van der Waals surface area (Å²) in [6, 6.07) is 12.1. The van der Waals surface area contributed by atoms with E-state index in [1.807, 2.05) is 0 Å². The van der Waals surface area contributed by atoms with E-state index < -0.39 is 5.25 Å². The summed E-state index contributed by atoms with van der Waals surface area (Å²) in [7, 11) is 1.76. The standard InChI is InChI=1S/C21H20ClN5O4S/c1-12(20(29)24-15-7-8-16-17(9-15)31-11-30-16)32-21-26-25-18(27(21)2)10-19(28)23-14-5-3-13(22)4-6-14/h3-9,12H,10-11H2,1-2H3,(H,23,28)(H,24,29)/t12-/m0/s1. The van der Waals surface area contributed by atoms with Crippen LogP contribution in [0.2, 0.25) is 5.02 Å². The van der Waals surface area contributed by atoms with Crippen molar-refractivity contribution in [2.75, 3.05) is 17.4 Å². The number of anilines is 2. The molecule has 2 amide bonds. The minimum absolute atomic E-state index is 0.0461. The van der Waals surface area contributed by atoms with Gasteiger partial charge in [0.25, 0.3) is 0 Å². The highest BCUT2D eigenvalue weighted by Gasteiger charge is 2.21. The van der Waals surface area contributed by atoms with Crippen LogP contribution in [0.15, 0.2) is 47.6 Å². The zero-order valence-electron chi connectivity index (χ0n) is 17.3. The lowest BCUT2D eigenvalue weighted by atomic mass is 10.2. The number of fused-ring (bicyclic) bond motifs is 1. The molecule has 1 aliphatic rings. The van der Waals surface area contributed by atoms with E-state index in [0.29, 0.717) is 38.9 Å². The maximum absolute atomic E-state index is 12.6. The number of hydrogen-bond donors (Lipinski definition) is 2. The molecule has 1 aromatic heterocycles. The summed E-state index contributed by atoms with van der Waals surface area (Å²) in [5.74, 6) is 1.31. The van der Waals surface area contributed by atoms with Gasteiger partial charge in [0.2, 0.25) is 18.6 Å². The molecule has 0 fully saturated rings. The Labute approximate surface area is 193 Å². The SMILES string of the molecule is C[C@H](Sc1nnc(CC(=O)Nc2ccc(Cl)cc2)n1C)C(=O)Nc1ccc2c(c1)OCO2. The van der Waals surface area contributed by atoms with E-state index in [1.54, 1.807) is 61.0 Å². The minimum atomic E-state index is -0.445. The number of hydrogen-bond acceptors (Lipinski definition) is 7. The Bertz CT molecular complexity index is 1150. The van der Waals surface area contributed by atoms with Gasteiger partial charge < -0.3 is 24.7 Å². The van der Waals surface area contributed by atoms with Crippen LogP contribution in [0.25, 0.3) is 0 Å². The molecule has 2 aromatic carbocycles. The molecule has 4 rings (SSSR count). The van der Waals surface area contributed by atoms with Gasteiger partial charge in [0, 0.05) is 29.5 Å². The van der Waals surface area contributed by atoms with Crippen molar-refractivity contribution in [3.63, 3.8) is 0 Å². The predicted octanol–water partition coefficient (Wildman–Crippen LogP) is 3.50. The van der Waals surface area contributed by atoms with Gasteiger partial charge >= 0.3 is 0 Å². The average molecular weight is 474 g/mol. The molecule has 0 unspecified atom stereocenters. The first-order chi connectivity index (χ1) is 15.4. The highest BCUT2D eigenvalue weighted by Crippen LogP contribution is 2.34. The Morgan fingerprint density at radius 2 is 1.81 bits per heavy atom. The number of nitrogens with one attached hydrogen (secondary N) is 2. The lowest BCUT2D eigenvalue weighted by molar-refractivity contribution is -0.116. The zero-order chi connectivity index (χ0) is 22.7. The summed E-state index contributed by atoms with van der Waals surface area (Å²) in [6.07, 6.45) is 0.0461. The van der Waals surface area contributed by atoms with Crippen molar-refractivity contribution in [1.82, 2.24) is 14.8 Å². The molecule has 0 aliphatic carbocycles. The number of nitrogens with zero attached hydrogens (tertiary/aromatic N) is 3. The molecule has 0 saturated heterocycles. The van der Waals surface area contributed by atoms with Crippen LogP contribution in [0.4, 0.5) is 11.4 Å². The molecular weight excluding hydrogens is 454 g/mol. The topological polar surface area (TPSA) is 107 Å². The molecule has 2 heterocycles. The Morgan fingerprint density at radius 3 is 2.59 bits per heavy atom. The molecule has 9 nitrogen and oxygen atoms in total. The number of halogens is 1. The molecule has 3 aromatic rings. The van der Waals surface area contributed by atoms with Crippen LogP contribution < -0.4 is 20.1 Å². The van der Waals surface area contributed by atoms with Crippen molar-refractivity contribution in [2.45, 2.75) is 23.8 Å². The van der Waals surface area contributed by atoms with E-state index in [1.165, 1.54) is 11.8 Å². The highest BCUT2D eigenvalue weighted by molar-refractivity contribution is 8.00. The van der Waals surface area contributed by atoms with Gasteiger partial charge in [0.15, 0.2) is 16.7 Å². The molecule has 1 atom stereocenters. The first kappa shape index (κ1) is 22.0. The number of rotatable bonds is 7. The third-order valence-electron chi connectivity index (χ3n) is 4.66. The summed E-state index contributed by atoms with van der Waals surface area (Å²) in [4.78, 5) is 24.9. The Kier molecular flexibility index (Phi) is 6.52. The van der Waals surface area contributed by atoms with Crippen molar-refractivity contribution >= 4 is 46.6 Å². The van der Waals surface area contributed by atoms with Gasteiger partial charge in [-0.25, -0.2) is 0 Å². The number of amides is 2. The van der Waals surface area contributed by atoms with Gasteiger partial charge in [-0.2, -0.15) is 0 Å².